The third-order valence-electron chi connectivity index (χ3n) is 2.11. The van der Waals surface area contributed by atoms with Gasteiger partial charge in [0.05, 0.1) is 12.7 Å². The van der Waals surface area contributed by atoms with Crippen molar-refractivity contribution >= 4 is 0 Å². The Bertz CT molecular complexity index is 319. The van der Waals surface area contributed by atoms with Crippen molar-refractivity contribution in [2.45, 2.75) is 26.6 Å². The maximum atomic E-state index is 9.77. The highest BCUT2D eigenvalue weighted by Gasteiger charge is 2.12. The predicted octanol–water partition coefficient (Wildman–Crippen LogP) is 1.90. The second-order valence-corrected chi connectivity index (χ2v) is 3.47. The number of rotatable bonds is 3. The molecule has 1 aromatic carbocycles. The smallest absolute Gasteiger partial charge is 0.126 e. The molecule has 0 spiro atoms. The zero-order chi connectivity index (χ0) is 10.7. The monoisotopic (exact) mass is 196 g/mol. The van der Waals surface area contributed by atoms with Crippen LogP contribution in [0.3, 0.4) is 0 Å². The van der Waals surface area contributed by atoms with E-state index in [4.69, 9.17) is 4.74 Å². The molecule has 3 heteroatoms. The Kier molecular flexibility index (Phi) is 3.49. The zero-order valence-corrected chi connectivity index (χ0v) is 8.74. The van der Waals surface area contributed by atoms with Crippen LogP contribution in [0.25, 0.3) is 0 Å². The molecule has 1 atom stereocenters. The number of hydrogen-bond acceptors (Lipinski definition) is 3. The van der Waals surface area contributed by atoms with Crippen LogP contribution in [0.5, 0.6) is 5.75 Å². The molecule has 3 nitrogen and oxygen atoms in total. The fraction of sp³-hybridized carbons (Fsp3) is 0.455. The second kappa shape index (κ2) is 4.44. The molecule has 1 aromatic rings. The van der Waals surface area contributed by atoms with Gasteiger partial charge in [-0.25, -0.2) is 0 Å². The van der Waals surface area contributed by atoms with E-state index >= 15 is 0 Å². The summed E-state index contributed by atoms with van der Waals surface area (Å²) in [5.74, 6) is 0.132. The number of methoxy groups -OCH3 is 1. The summed E-state index contributed by atoms with van der Waals surface area (Å²) in [6.07, 6.45) is -0.662. The minimum atomic E-state index is -0.662. The summed E-state index contributed by atoms with van der Waals surface area (Å²) in [4.78, 5) is 0. The van der Waals surface area contributed by atoms with Crippen LogP contribution in [0.1, 0.15) is 29.7 Å². The van der Waals surface area contributed by atoms with Crippen LogP contribution in [0.2, 0.25) is 0 Å². The average Bonchev–Trinajstić information content (AvgIpc) is 2.10. The lowest BCUT2D eigenvalue weighted by molar-refractivity contribution is 0.177. The fourth-order valence-electron chi connectivity index (χ4n) is 1.47. The van der Waals surface area contributed by atoms with Gasteiger partial charge in [0.25, 0.3) is 0 Å². The molecule has 1 unspecified atom stereocenters. The molecule has 0 aliphatic carbocycles. The van der Waals surface area contributed by atoms with Crippen molar-refractivity contribution in [1.82, 2.24) is 0 Å². The Morgan fingerprint density at radius 1 is 1.43 bits per heavy atom. The van der Waals surface area contributed by atoms with Gasteiger partial charge in [-0.3, -0.25) is 0 Å². The first-order valence-corrected chi connectivity index (χ1v) is 4.55. The molecule has 0 aliphatic rings. The third-order valence-corrected chi connectivity index (χ3v) is 2.11. The number of aliphatic hydroxyl groups excluding tert-OH is 1. The van der Waals surface area contributed by atoms with E-state index in [1.165, 1.54) is 0 Å². The van der Waals surface area contributed by atoms with Crippen LogP contribution in [0.4, 0.5) is 0 Å². The minimum absolute atomic E-state index is 0.132. The molecule has 0 fully saturated rings. The predicted molar refractivity (Wildman–Crippen MR) is 54.2 cm³/mol. The summed E-state index contributed by atoms with van der Waals surface area (Å²) in [6.45, 7) is 3.91. The van der Waals surface area contributed by atoms with E-state index in [9.17, 15) is 10.2 Å². The van der Waals surface area contributed by atoms with E-state index in [1.807, 2.05) is 13.0 Å². The van der Waals surface area contributed by atoms with Crippen LogP contribution in [-0.4, -0.2) is 17.3 Å². The Labute approximate surface area is 84.0 Å². The molecule has 0 bridgehead atoms. The number of aromatic hydroxyl groups is 1. The first-order chi connectivity index (χ1) is 6.56. The van der Waals surface area contributed by atoms with E-state index < -0.39 is 6.10 Å². The highest BCUT2D eigenvalue weighted by atomic mass is 16.5. The van der Waals surface area contributed by atoms with Gasteiger partial charge in [0.15, 0.2) is 0 Å². The highest BCUT2D eigenvalue weighted by Crippen LogP contribution is 2.29. The highest BCUT2D eigenvalue weighted by molar-refractivity contribution is 5.44. The summed E-state index contributed by atoms with van der Waals surface area (Å²) in [7, 11) is 1.57. The molecule has 0 saturated heterocycles. The van der Waals surface area contributed by atoms with Crippen LogP contribution in [0, 0.1) is 6.92 Å². The van der Waals surface area contributed by atoms with Gasteiger partial charge in [0.1, 0.15) is 5.75 Å². The number of hydrogen-bond donors (Lipinski definition) is 2. The van der Waals surface area contributed by atoms with Crippen molar-refractivity contribution < 1.29 is 14.9 Å². The molecule has 2 N–H and O–H groups in total. The molecule has 0 heterocycles. The largest absolute Gasteiger partial charge is 0.507 e. The summed E-state index contributed by atoms with van der Waals surface area (Å²) >= 11 is 0. The second-order valence-electron chi connectivity index (χ2n) is 3.47. The molecule has 0 aliphatic heterocycles. The third kappa shape index (κ3) is 2.25. The van der Waals surface area contributed by atoms with Gasteiger partial charge < -0.3 is 14.9 Å². The SMILES string of the molecule is COCc1cc(C)cc(C(C)O)c1O. The molecule has 1 rings (SSSR count). The van der Waals surface area contributed by atoms with Crippen molar-refractivity contribution in [3.05, 3.63) is 28.8 Å². The van der Waals surface area contributed by atoms with Crippen LogP contribution >= 0.6 is 0 Å². The van der Waals surface area contributed by atoms with Gasteiger partial charge in [0, 0.05) is 18.2 Å². The Morgan fingerprint density at radius 3 is 2.57 bits per heavy atom. The summed E-state index contributed by atoms with van der Waals surface area (Å²) in [5, 5.41) is 19.2. The van der Waals surface area contributed by atoms with E-state index in [1.54, 1.807) is 20.1 Å². The number of aliphatic hydroxyl groups is 1. The van der Waals surface area contributed by atoms with Crippen molar-refractivity contribution in [3.63, 3.8) is 0 Å². The van der Waals surface area contributed by atoms with Crippen LogP contribution in [0.15, 0.2) is 12.1 Å². The van der Waals surface area contributed by atoms with Gasteiger partial charge in [-0.2, -0.15) is 0 Å². The van der Waals surface area contributed by atoms with Gasteiger partial charge in [-0.15, -0.1) is 0 Å². The fourth-order valence-corrected chi connectivity index (χ4v) is 1.47. The molecular weight excluding hydrogens is 180 g/mol. The van der Waals surface area contributed by atoms with Crippen molar-refractivity contribution in [3.8, 4) is 5.75 Å². The van der Waals surface area contributed by atoms with E-state index in [0.29, 0.717) is 17.7 Å². The number of aryl methyl sites for hydroxylation is 1. The number of benzene rings is 1. The first kappa shape index (κ1) is 11.0. The maximum absolute atomic E-state index is 9.77. The minimum Gasteiger partial charge on any atom is -0.507 e. The molecule has 78 valence electrons. The Hall–Kier alpha value is -1.06. The van der Waals surface area contributed by atoms with Gasteiger partial charge in [0.2, 0.25) is 0 Å². The average molecular weight is 196 g/mol. The molecular formula is C11H16O3. The Balaban J connectivity index is 3.18. The lowest BCUT2D eigenvalue weighted by Gasteiger charge is -2.12. The maximum Gasteiger partial charge on any atom is 0.126 e. The summed E-state index contributed by atoms with van der Waals surface area (Å²) < 4.78 is 4.96. The molecule has 14 heavy (non-hydrogen) atoms. The molecule has 0 radical (unpaired) electrons. The molecule has 0 saturated carbocycles. The standard InChI is InChI=1S/C11H16O3/c1-7-4-9(6-14-3)11(13)10(5-7)8(2)12/h4-5,8,12-13H,6H2,1-3H3. The molecule has 0 amide bonds. The van der Waals surface area contributed by atoms with Crippen LogP contribution < -0.4 is 0 Å². The summed E-state index contributed by atoms with van der Waals surface area (Å²) in [6, 6.07) is 3.63. The lowest BCUT2D eigenvalue weighted by Crippen LogP contribution is -1.97. The Morgan fingerprint density at radius 2 is 2.07 bits per heavy atom. The van der Waals surface area contributed by atoms with E-state index in [2.05, 4.69) is 0 Å². The normalized spacial score (nSPS) is 12.9. The van der Waals surface area contributed by atoms with Gasteiger partial charge in [-0.05, 0) is 19.9 Å². The van der Waals surface area contributed by atoms with Gasteiger partial charge >= 0.3 is 0 Å². The van der Waals surface area contributed by atoms with Crippen molar-refractivity contribution in [2.24, 2.45) is 0 Å². The van der Waals surface area contributed by atoms with E-state index in [0.717, 1.165) is 5.56 Å². The van der Waals surface area contributed by atoms with E-state index in [-0.39, 0.29) is 5.75 Å². The number of phenolic OH excluding ortho intramolecular Hbond substituents is 1. The molecule has 0 aromatic heterocycles. The topological polar surface area (TPSA) is 49.7 Å². The number of phenols is 1. The first-order valence-electron chi connectivity index (χ1n) is 4.55. The van der Waals surface area contributed by atoms with Gasteiger partial charge in [-0.1, -0.05) is 11.6 Å². The van der Waals surface area contributed by atoms with Crippen LogP contribution in [-0.2, 0) is 11.3 Å². The number of ether oxygens (including phenoxy) is 1. The lowest BCUT2D eigenvalue weighted by atomic mass is 10.0. The summed E-state index contributed by atoms with van der Waals surface area (Å²) in [5.41, 5.74) is 2.27. The quantitative estimate of drug-likeness (QED) is 0.776. The van der Waals surface area contributed by atoms with Crippen molar-refractivity contribution in [1.29, 1.82) is 0 Å². The van der Waals surface area contributed by atoms with Crippen molar-refractivity contribution in [2.75, 3.05) is 7.11 Å². The zero-order valence-electron chi connectivity index (χ0n) is 8.74.